The normalized spacial score (nSPS) is 19.8. The minimum absolute atomic E-state index is 0.0142. The van der Waals surface area contributed by atoms with Gasteiger partial charge in [0.1, 0.15) is 5.76 Å². The number of nitrogens with zero attached hydrogens (tertiary/aromatic N) is 1. The Kier molecular flexibility index (Phi) is 4.39. The lowest BCUT2D eigenvalue weighted by molar-refractivity contribution is -0.140. The number of hydrogen-bond donors (Lipinski definition) is 1. The minimum Gasteiger partial charge on any atom is -0.481 e. The maximum Gasteiger partial charge on any atom is 0.305 e. The molecule has 1 fully saturated rings. The summed E-state index contributed by atoms with van der Waals surface area (Å²) in [4.78, 5) is 24.5. The second kappa shape index (κ2) is 6.22. The van der Waals surface area contributed by atoms with E-state index in [4.69, 9.17) is 9.52 Å². The molecule has 0 aromatic carbocycles. The zero-order valence-corrected chi connectivity index (χ0v) is 10.6. The molecule has 0 bridgehead atoms. The third-order valence-corrected chi connectivity index (χ3v) is 3.25. The van der Waals surface area contributed by atoms with Crippen LogP contribution >= 0.6 is 0 Å². The van der Waals surface area contributed by atoms with Gasteiger partial charge in [-0.1, -0.05) is 0 Å². The van der Waals surface area contributed by atoms with E-state index in [9.17, 15) is 9.59 Å². The largest absolute Gasteiger partial charge is 0.481 e. The van der Waals surface area contributed by atoms with Crippen LogP contribution in [-0.4, -0.2) is 34.5 Å². The summed E-state index contributed by atoms with van der Waals surface area (Å²) in [6.45, 7) is 0.624. The van der Waals surface area contributed by atoms with Crippen molar-refractivity contribution in [2.24, 2.45) is 0 Å². The quantitative estimate of drug-likeness (QED) is 0.845. The molecular formula is C14H17NO4. The van der Waals surface area contributed by atoms with Crippen molar-refractivity contribution in [3.05, 3.63) is 30.2 Å². The SMILES string of the molecule is O=C(O)CC1CCCCN1C(=O)/C=C/c1ccco1. The Labute approximate surface area is 111 Å². The number of hydrogen-bond acceptors (Lipinski definition) is 3. The van der Waals surface area contributed by atoms with Crippen LogP contribution in [0.15, 0.2) is 28.9 Å². The Balaban J connectivity index is 2.00. The van der Waals surface area contributed by atoms with Gasteiger partial charge in [-0.15, -0.1) is 0 Å². The molecule has 2 rings (SSSR count). The first kappa shape index (κ1) is 13.4. The molecular weight excluding hydrogens is 246 g/mol. The molecule has 1 atom stereocenters. The van der Waals surface area contributed by atoms with E-state index in [1.807, 2.05) is 0 Å². The van der Waals surface area contributed by atoms with Gasteiger partial charge < -0.3 is 14.4 Å². The Bertz CT molecular complexity index is 464. The molecule has 102 valence electrons. The minimum atomic E-state index is -0.861. The molecule has 1 unspecified atom stereocenters. The van der Waals surface area contributed by atoms with Crippen molar-refractivity contribution < 1.29 is 19.1 Å². The van der Waals surface area contributed by atoms with Crippen LogP contribution in [0.5, 0.6) is 0 Å². The summed E-state index contributed by atoms with van der Waals surface area (Å²) >= 11 is 0. The Morgan fingerprint density at radius 2 is 2.32 bits per heavy atom. The van der Waals surface area contributed by atoms with E-state index in [1.165, 1.54) is 12.3 Å². The van der Waals surface area contributed by atoms with Gasteiger partial charge in [-0.3, -0.25) is 9.59 Å². The number of piperidine rings is 1. The molecule has 1 N–H and O–H groups in total. The van der Waals surface area contributed by atoms with Crippen LogP contribution in [0, 0.1) is 0 Å². The maximum atomic E-state index is 12.1. The number of carbonyl (C=O) groups excluding carboxylic acids is 1. The lowest BCUT2D eigenvalue weighted by atomic mass is 9.99. The van der Waals surface area contributed by atoms with E-state index >= 15 is 0 Å². The average Bonchev–Trinajstić information content (AvgIpc) is 2.89. The number of carboxylic acid groups (broad SMARTS) is 1. The maximum absolute atomic E-state index is 12.1. The lowest BCUT2D eigenvalue weighted by Crippen LogP contribution is -2.44. The molecule has 0 saturated carbocycles. The van der Waals surface area contributed by atoms with Gasteiger partial charge >= 0.3 is 5.97 Å². The lowest BCUT2D eigenvalue weighted by Gasteiger charge is -2.34. The standard InChI is InChI=1S/C14H17NO4/c16-13(7-6-12-5-3-9-19-12)15-8-2-1-4-11(15)10-14(17)18/h3,5-7,9,11H,1-2,4,8,10H2,(H,17,18)/b7-6+. The smallest absolute Gasteiger partial charge is 0.305 e. The average molecular weight is 263 g/mol. The molecule has 2 heterocycles. The Hall–Kier alpha value is -2.04. The number of furan rings is 1. The van der Waals surface area contributed by atoms with Crippen LogP contribution in [0.4, 0.5) is 0 Å². The van der Waals surface area contributed by atoms with Gasteiger partial charge in [-0.05, 0) is 37.5 Å². The third kappa shape index (κ3) is 3.71. The van der Waals surface area contributed by atoms with Crippen molar-refractivity contribution in [2.75, 3.05) is 6.54 Å². The molecule has 1 saturated heterocycles. The fraction of sp³-hybridized carbons (Fsp3) is 0.429. The molecule has 0 spiro atoms. The van der Waals surface area contributed by atoms with Crippen molar-refractivity contribution in [1.82, 2.24) is 4.90 Å². The predicted octanol–water partition coefficient (Wildman–Crippen LogP) is 2.15. The molecule has 5 heteroatoms. The van der Waals surface area contributed by atoms with Crippen molar-refractivity contribution in [1.29, 1.82) is 0 Å². The molecule has 1 aromatic rings. The highest BCUT2D eigenvalue weighted by Crippen LogP contribution is 2.20. The first-order valence-corrected chi connectivity index (χ1v) is 6.41. The van der Waals surface area contributed by atoms with E-state index < -0.39 is 5.97 Å². The number of carbonyl (C=O) groups is 2. The molecule has 0 radical (unpaired) electrons. The van der Waals surface area contributed by atoms with E-state index in [0.29, 0.717) is 12.3 Å². The summed E-state index contributed by atoms with van der Waals surface area (Å²) in [6, 6.07) is 3.31. The van der Waals surface area contributed by atoms with E-state index in [2.05, 4.69) is 0 Å². The number of aliphatic carboxylic acids is 1. The van der Waals surface area contributed by atoms with Gasteiger partial charge in [0.15, 0.2) is 0 Å². The highest BCUT2D eigenvalue weighted by atomic mass is 16.4. The zero-order chi connectivity index (χ0) is 13.7. The molecule has 1 aliphatic rings. The fourth-order valence-corrected chi connectivity index (χ4v) is 2.34. The summed E-state index contributed by atoms with van der Waals surface area (Å²) < 4.78 is 5.11. The summed E-state index contributed by atoms with van der Waals surface area (Å²) in [6.07, 6.45) is 7.26. The first-order valence-electron chi connectivity index (χ1n) is 6.41. The monoisotopic (exact) mass is 263 g/mol. The third-order valence-electron chi connectivity index (χ3n) is 3.25. The van der Waals surface area contributed by atoms with Gasteiger partial charge in [-0.25, -0.2) is 0 Å². The van der Waals surface area contributed by atoms with E-state index in [1.54, 1.807) is 23.1 Å². The van der Waals surface area contributed by atoms with Gasteiger partial charge in [-0.2, -0.15) is 0 Å². The molecule has 1 aliphatic heterocycles. The summed E-state index contributed by atoms with van der Waals surface area (Å²) in [5.41, 5.74) is 0. The predicted molar refractivity (Wildman–Crippen MR) is 69.3 cm³/mol. The van der Waals surface area contributed by atoms with Crippen LogP contribution in [0.2, 0.25) is 0 Å². The van der Waals surface area contributed by atoms with E-state index in [-0.39, 0.29) is 18.4 Å². The van der Waals surface area contributed by atoms with Crippen LogP contribution in [0.1, 0.15) is 31.4 Å². The summed E-state index contributed by atoms with van der Waals surface area (Å²) in [7, 11) is 0. The molecule has 19 heavy (non-hydrogen) atoms. The molecule has 1 amide bonds. The topological polar surface area (TPSA) is 70.8 Å². The van der Waals surface area contributed by atoms with E-state index in [0.717, 1.165) is 19.3 Å². The first-order chi connectivity index (χ1) is 9.16. The molecule has 5 nitrogen and oxygen atoms in total. The second-order valence-corrected chi connectivity index (χ2v) is 4.63. The molecule has 1 aromatic heterocycles. The van der Waals surface area contributed by atoms with Crippen molar-refractivity contribution in [2.45, 2.75) is 31.7 Å². The summed E-state index contributed by atoms with van der Waals surface area (Å²) in [5, 5.41) is 8.87. The van der Waals surface area contributed by atoms with Crippen LogP contribution < -0.4 is 0 Å². The zero-order valence-electron chi connectivity index (χ0n) is 10.6. The highest BCUT2D eigenvalue weighted by Gasteiger charge is 2.27. The van der Waals surface area contributed by atoms with Gasteiger partial charge in [0.2, 0.25) is 5.91 Å². The van der Waals surface area contributed by atoms with Gasteiger partial charge in [0, 0.05) is 18.7 Å². The van der Waals surface area contributed by atoms with Crippen molar-refractivity contribution in [3.63, 3.8) is 0 Å². The van der Waals surface area contributed by atoms with Crippen LogP contribution in [0.3, 0.4) is 0 Å². The number of rotatable bonds is 4. The van der Waals surface area contributed by atoms with Crippen LogP contribution in [0.25, 0.3) is 6.08 Å². The molecule has 0 aliphatic carbocycles. The number of carboxylic acids is 1. The van der Waals surface area contributed by atoms with Crippen molar-refractivity contribution >= 4 is 18.0 Å². The Morgan fingerprint density at radius 3 is 3.00 bits per heavy atom. The second-order valence-electron chi connectivity index (χ2n) is 4.63. The van der Waals surface area contributed by atoms with Crippen LogP contribution in [-0.2, 0) is 9.59 Å². The summed E-state index contributed by atoms with van der Waals surface area (Å²) in [5.74, 6) is -0.401. The van der Waals surface area contributed by atoms with Gasteiger partial charge in [0.05, 0.1) is 12.7 Å². The Morgan fingerprint density at radius 1 is 1.47 bits per heavy atom. The van der Waals surface area contributed by atoms with Crippen molar-refractivity contribution in [3.8, 4) is 0 Å². The number of likely N-dealkylation sites (tertiary alicyclic amines) is 1. The number of amides is 1. The fourth-order valence-electron chi connectivity index (χ4n) is 2.34. The van der Waals surface area contributed by atoms with Gasteiger partial charge in [0.25, 0.3) is 0 Å². The highest BCUT2D eigenvalue weighted by molar-refractivity contribution is 5.92.